The van der Waals surface area contributed by atoms with Gasteiger partial charge in [0.1, 0.15) is 0 Å². The third kappa shape index (κ3) is 3.63. The van der Waals surface area contributed by atoms with Crippen LogP contribution < -0.4 is 0 Å². The van der Waals surface area contributed by atoms with Crippen LogP contribution in [0.3, 0.4) is 0 Å². The van der Waals surface area contributed by atoms with Gasteiger partial charge in [0.2, 0.25) is 0 Å². The maximum Gasteiger partial charge on any atom is 0.0600 e. The summed E-state index contributed by atoms with van der Waals surface area (Å²) in [4.78, 5) is 7.22. The average Bonchev–Trinajstić information content (AvgIpc) is 3.16. The van der Waals surface area contributed by atoms with E-state index in [-0.39, 0.29) is 5.54 Å². The molecule has 0 spiro atoms. The van der Waals surface area contributed by atoms with E-state index >= 15 is 0 Å². The Hall–Kier alpha value is -1.08. The third-order valence-electron chi connectivity index (χ3n) is 4.97. The Morgan fingerprint density at radius 1 is 1.09 bits per heavy atom. The molecule has 22 heavy (non-hydrogen) atoms. The minimum absolute atomic E-state index is 0.160. The van der Waals surface area contributed by atoms with E-state index in [9.17, 15) is 0 Å². The van der Waals surface area contributed by atoms with Crippen LogP contribution in [0.1, 0.15) is 26.2 Å². The number of nitrogens with zero attached hydrogens (tertiary/aromatic N) is 3. The number of likely N-dealkylation sites (N-methyl/N-ethyl adjacent to an activating group) is 3. The molecule has 0 aliphatic heterocycles. The summed E-state index contributed by atoms with van der Waals surface area (Å²) in [5.41, 5.74) is 0.160. The van der Waals surface area contributed by atoms with Crippen molar-refractivity contribution in [3.8, 4) is 12.3 Å². The zero-order valence-electron chi connectivity index (χ0n) is 14.9. The summed E-state index contributed by atoms with van der Waals surface area (Å²) in [6.45, 7) is 12.6. The lowest BCUT2D eigenvalue weighted by Crippen LogP contribution is -2.43. The fourth-order valence-electron chi connectivity index (χ4n) is 3.95. The summed E-state index contributed by atoms with van der Waals surface area (Å²) >= 11 is 0. The number of rotatable bonds is 11. The molecule has 124 valence electrons. The molecule has 0 heterocycles. The van der Waals surface area contributed by atoms with Crippen LogP contribution >= 0.6 is 0 Å². The fraction of sp³-hybridized carbons (Fsp3) is 0.684. The number of terminal acetylenes is 1. The smallest absolute Gasteiger partial charge is 0.0600 e. The summed E-state index contributed by atoms with van der Waals surface area (Å²) in [6, 6.07) is 0.949. The van der Waals surface area contributed by atoms with E-state index in [1.807, 2.05) is 12.2 Å². The van der Waals surface area contributed by atoms with E-state index in [1.54, 1.807) is 0 Å². The first-order valence-electron chi connectivity index (χ1n) is 8.28. The van der Waals surface area contributed by atoms with Gasteiger partial charge in [0.05, 0.1) is 12.1 Å². The van der Waals surface area contributed by atoms with Crippen molar-refractivity contribution in [1.29, 1.82) is 0 Å². The number of hydrogen-bond donors (Lipinski definition) is 0. The molecule has 1 rings (SSSR count). The van der Waals surface area contributed by atoms with Crippen LogP contribution in [-0.4, -0.2) is 73.1 Å². The lowest BCUT2D eigenvalue weighted by Gasteiger charge is -2.32. The van der Waals surface area contributed by atoms with Gasteiger partial charge in [-0.15, -0.1) is 19.6 Å². The predicted octanol–water partition coefficient (Wildman–Crippen LogP) is 2.47. The molecular weight excluding hydrogens is 270 g/mol. The zero-order chi connectivity index (χ0) is 16.8. The lowest BCUT2D eigenvalue weighted by molar-refractivity contribution is 0.164. The molecule has 1 aliphatic rings. The molecule has 0 aromatic carbocycles. The Morgan fingerprint density at radius 3 is 2.18 bits per heavy atom. The van der Waals surface area contributed by atoms with Crippen LogP contribution in [0.2, 0.25) is 0 Å². The van der Waals surface area contributed by atoms with Gasteiger partial charge in [-0.2, -0.15) is 0 Å². The van der Waals surface area contributed by atoms with E-state index in [4.69, 9.17) is 6.42 Å². The first kappa shape index (κ1) is 19.0. The monoisotopic (exact) mass is 303 g/mol. The van der Waals surface area contributed by atoms with E-state index in [1.165, 1.54) is 19.3 Å². The van der Waals surface area contributed by atoms with Gasteiger partial charge in [-0.05, 0) is 27.6 Å². The van der Waals surface area contributed by atoms with Crippen LogP contribution in [0.4, 0.5) is 0 Å². The van der Waals surface area contributed by atoms with E-state index in [0.29, 0.717) is 18.6 Å². The Labute approximate surface area is 137 Å². The van der Waals surface area contributed by atoms with Crippen LogP contribution in [0.15, 0.2) is 25.3 Å². The zero-order valence-corrected chi connectivity index (χ0v) is 14.9. The van der Waals surface area contributed by atoms with Crippen molar-refractivity contribution < 1.29 is 0 Å². The van der Waals surface area contributed by atoms with Gasteiger partial charge < -0.3 is 0 Å². The topological polar surface area (TPSA) is 9.72 Å². The first-order chi connectivity index (χ1) is 10.5. The number of unbranched alkanes of at least 4 members (excludes halogenated alkanes) is 1. The summed E-state index contributed by atoms with van der Waals surface area (Å²) in [6.07, 6.45) is 13.2. The van der Waals surface area contributed by atoms with Crippen LogP contribution in [0, 0.1) is 12.3 Å². The SMILES string of the molecule is C#CCN(C)C1C(N(C)CC=C)C1(CCCC)N(C)CC=C. The molecule has 0 amide bonds. The average molecular weight is 303 g/mol. The maximum absolute atomic E-state index is 5.55. The van der Waals surface area contributed by atoms with Gasteiger partial charge in [-0.25, -0.2) is 0 Å². The van der Waals surface area contributed by atoms with Gasteiger partial charge in [0.15, 0.2) is 0 Å². The summed E-state index contributed by atoms with van der Waals surface area (Å²) in [5, 5.41) is 0. The van der Waals surface area contributed by atoms with E-state index in [0.717, 1.165) is 13.1 Å². The van der Waals surface area contributed by atoms with Crippen molar-refractivity contribution in [3.63, 3.8) is 0 Å². The molecule has 0 bridgehead atoms. The molecule has 1 saturated carbocycles. The molecule has 3 nitrogen and oxygen atoms in total. The standard InChI is InChI=1S/C19H33N3/c1-8-12-13-19(22(7)16-11-4)17(20(5)14-9-2)18(19)21(6)15-10-3/h2,10-11,17-18H,3-4,8,12-16H2,1,5-7H3. The van der Waals surface area contributed by atoms with Crippen LogP contribution in [0.5, 0.6) is 0 Å². The Morgan fingerprint density at radius 2 is 1.68 bits per heavy atom. The second-order valence-corrected chi connectivity index (χ2v) is 6.50. The van der Waals surface area contributed by atoms with Crippen LogP contribution in [-0.2, 0) is 0 Å². The Kier molecular flexibility index (Phi) is 7.35. The molecular formula is C19H33N3. The van der Waals surface area contributed by atoms with Crippen molar-refractivity contribution in [3.05, 3.63) is 25.3 Å². The van der Waals surface area contributed by atoms with Gasteiger partial charge in [0.25, 0.3) is 0 Å². The maximum atomic E-state index is 5.55. The highest BCUT2D eigenvalue weighted by atomic mass is 15.4. The highest BCUT2D eigenvalue weighted by Crippen LogP contribution is 2.51. The minimum atomic E-state index is 0.160. The second kappa shape index (κ2) is 8.53. The molecule has 1 fully saturated rings. The highest BCUT2D eigenvalue weighted by Gasteiger charge is 2.68. The van der Waals surface area contributed by atoms with Crippen molar-refractivity contribution in [2.45, 2.75) is 43.8 Å². The lowest BCUT2D eigenvalue weighted by atomic mass is 10.0. The molecule has 3 heteroatoms. The second-order valence-electron chi connectivity index (χ2n) is 6.50. The van der Waals surface area contributed by atoms with E-state index in [2.05, 4.69) is 61.8 Å². The van der Waals surface area contributed by atoms with Crippen molar-refractivity contribution in [1.82, 2.24) is 14.7 Å². The molecule has 1 aliphatic carbocycles. The quantitative estimate of drug-likeness (QED) is 0.429. The van der Waals surface area contributed by atoms with Gasteiger partial charge in [0, 0.05) is 25.2 Å². The number of hydrogen-bond acceptors (Lipinski definition) is 3. The highest BCUT2D eigenvalue weighted by molar-refractivity contribution is 5.29. The van der Waals surface area contributed by atoms with Crippen molar-refractivity contribution >= 4 is 0 Å². The minimum Gasteiger partial charge on any atom is -0.296 e. The molecule has 3 atom stereocenters. The Bertz CT molecular complexity index is 411. The van der Waals surface area contributed by atoms with Gasteiger partial charge >= 0.3 is 0 Å². The largest absolute Gasteiger partial charge is 0.296 e. The predicted molar refractivity (Wildman–Crippen MR) is 96.9 cm³/mol. The normalized spacial score (nSPS) is 27.2. The van der Waals surface area contributed by atoms with Gasteiger partial charge in [-0.3, -0.25) is 14.7 Å². The summed E-state index contributed by atoms with van der Waals surface area (Å²) < 4.78 is 0. The fourth-order valence-corrected chi connectivity index (χ4v) is 3.95. The van der Waals surface area contributed by atoms with Gasteiger partial charge in [-0.1, -0.05) is 37.8 Å². The summed E-state index contributed by atoms with van der Waals surface area (Å²) in [5.74, 6) is 2.79. The molecule has 0 radical (unpaired) electrons. The molecule has 3 unspecified atom stereocenters. The van der Waals surface area contributed by atoms with Crippen LogP contribution in [0.25, 0.3) is 0 Å². The van der Waals surface area contributed by atoms with Crippen molar-refractivity contribution in [2.24, 2.45) is 0 Å². The molecule has 0 N–H and O–H groups in total. The Balaban J connectivity index is 3.08. The van der Waals surface area contributed by atoms with Crippen molar-refractivity contribution in [2.75, 3.05) is 40.8 Å². The first-order valence-corrected chi connectivity index (χ1v) is 8.28. The molecule has 0 aromatic rings. The third-order valence-corrected chi connectivity index (χ3v) is 4.97. The molecule has 0 aromatic heterocycles. The van der Waals surface area contributed by atoms with E-state index < -0.39 is 0 Å². The summed E-state index contributed by atoms with van der Waals surface area (Å²) in [7, 11) is 6.56. The molecule has 0 saturated heterocycles.